The highest BCUT2D eigenvalue weighted by Crippen LogP contribution is 2.24. The van der Waals surface area contributed by atoms with Crippen LogP contribution in [-0.2, 0) is 9.53 Å². The van der Waals surface area contributed by atoms with Crippen LogP contribution in [0.4, 0.5) is 0 Å². The van der Waals surface area contributed by atoms with E-state index < -0.39 is 16.4 Å². The van der Waals surface area contributed by atoms with Crippen LogP contribution in [0.15, 0.2) is 23.4 Å². The fraction of sp³-hybridized carbons (Fsp3) is 0.375. The number of halogens is 2. The zero-order valence-corrected chi connectivity index (χ0v) is 9.74. The van der Waals surface area contributed by atoms with Crippen LogP contribution < -0.4 is 5.32 Å². The standard InChI is InChI=1S/C8H9Cl2NO2S/c1-5(7(12)14)13-8(10)4-2-3-6(9)11-8/h2-5,11H,1H3,(H,12,14). The summed E-state index contributed by atoms with van der Waals surface area (Å²) in [6.07, 6.45) is 4.10. The number of carbonyl (C=O) groups excluding carboxylic acids is 1. The molecule has 1 rings (SSSR count). The van der Waals surface area contributed by atoms with Crippen LogP contribution in [0.5, 0.6) is 0 Å². The second kappa shape index (κ2) is 4.57. The van der Waals surface area contributed by atoms with Gasteiger partial charge in [0.1, 0.15) is 11.3 Å². The predicted molar refractivity (Wildman–Crippen MR) is 59.3 cm³/mol. The molecule has 0 fully saturated rings. The average Bonchev–Trinajstić information content (AvgIpc) is 2.02. The number of thiol groups is 1. The van der Waals surface area contributed by atoms with E-state index in [-0.39, 0.29) is 0 Å². The molecule has 0 spiro atoms. The maximum atomic E-state index is 10.8. The zero-order chi connectivity index (χ0) is 10.8. The van der Waals surface area contributed by atoms with Gasteiger partial charge in [0.05, 0.1) is 0 Å². The minimum Gasteiger partial charge on any atom is -0.332 e. The first-order valence-electron chi connectivity index (χ1n) is 3.86. The molecular formula is C8H9Cl2NO2S. The number of alkyl halides is 1. The van der Waals surface area contributed by atoms with Gasteiger partial charge in [0.25, 0.3) is 0 Å². The summed E-state index contributed by atoms with van der Waals surface area (Å²) in [7, 11) is 0. The Morgan fingerprint density at radius 1 is 1.79 bits per heavy atom. The molecular weight excluding hydrogens is 245 g/mol. The molecule has 0 saturated heterocycles. The highest BCUT2D eigenvalue weighted by molar-refractivity contribution is 7.96. The number of nitrogens with one attached hydrogen (secondary N) is 1. The van der Waals surface area contributed by atoms with Crippen molar-refractivity contribution in [1.29, 1.82) is 0 Å². The van der Waals surface area contributed by atoms with Gasteiger partial charge in [-0.1, -0.05) is 29.3 Å². The van der Waals surface area contributed by atoms with Crippen molar-refractivity contribution in [3.05, 3.63) is 23.4 Å². The van der Waals surface area contributed by atoms with Crippen molar-refractivity contribution in [3.63, 3.8) is 0 Å². The van der Waals surface area contributed by atoms with E-state index in [9.17, 15) is 4.79 Å². The fourth-order valence-corrected chi connectivity index (χ4v) is 1.50. The molecule has 0 radical (unpaired) electrons. The SMILES string of the molecule is CC(OC1(Cl)C=CC=C(Cl)N1)C(=O)S. The summed E-state index contributed by atoms with van der Waals surface area (Å²) in [4.78, 5) is 10.8. The molecule has 2 atom stereocenters. The lowest BCUT2D eigenvalue weighted by atomic mass is 10.3. The summed E-state index contributed by atoms with van der Waals surface area (Å²) in [5, 5.41) is 1.35. The van der Waals surface area contributed by atoms with Crippen molar-refractivity contribution in [1.82, 2.24) is 5.32 Å². The van der Waals surface area contributed by atoms with Gasteiger partial charge in [-0.25, -0.2) is 0 Å². The predicted octanol–water partition coefficient (Wildman–Crippen LogP) is 1.98. The van der Waals surface area contributed by atoms with Crippen LogP contribution in [0.3, 0.4) is 0 Å². The van der Waals surface area contributed by atoms with E-state index in [1.165, 1.54) is 0 Å². The average molecular weight is 254 g/mol. The van der Waals surface area contributed by atoms with Crippen molar-refractivity contribution in [2.24, 2.45) is 0 Å². The van der Waals surface area contributed by atoms with Crippen molar-refractivity contribution in [2.75, 3.05) is 0 Å². The summed E-state index contributed by atoms with van der Waals surface area (Å²) in [6, 6.07) is 0. The lowest BCUT2D eigenvalue weighted by molar-refractivity contribution is -0.125. The monoisotopic (exact) mass is 253 g/mol. The minimum absolute atomic E-state index is 0.348. The third-order valence-corrected chi connectivity index (χ3v) is 2.43. The smallest absolute Gasteiger partial charge is 0.238 e. The lowest BCUT2D eigenvalue weighted by Crippen LogP contribution is -2.43. The first-order chi connectivity index (χ1) is 6.43. The maximum absolute atomic E-state index is 10.8. The Labute approximate surface area is 97.5 Å². The third-order valence-electron chi connectivity index (χ3n) is 1.54. The quantitative estimate of drug-likeness (QED) is 0.459. The van der Waals surface area contributed by atoms with E-state index in [0.717, 1.165) is 0 Å². The summed E-state index contributed by atoms with van der Waals surface area (Å²) < 4.78 is 5.23. The van der Waals surface area contributed by atoms with Gasteiger partial charge >= 0.3 is 0 Å². The molecule has 0 saturated carbocycles. The molecule has 0 aromatic carbocycles. The second-order valence-electron chi connectivity index (χ2n) is 2.74. The maximum Gasteiger partial charge on any atom is 0.238 e. The summed E-state index contributed by atoms with van der Waals surface area (Å²) in [5.41, 5.74) is 0. The van der Waals surface area contributed by atoms with Gasteiger partial charge in [0.2, 0.25) is 10.3 Å². The molecule has 14 heavy (non-hydrogen) atoms. The zero-order valence-electron chi connectivity index (χ0n) is 7.33. The van der Waals surface area contributed by atoms with E-state index in [1.807, 2.05) is 0 Å². The van der Waals surface area contributed by atoms with E-state index in [4.69, 9.17) is 27.9 Å². The molecule has 3 nitrogen and oxygen atoms in total. The first kappa shape index (κ1) is 11.9. The number of allylic oxidation sites excluding steroid dienone is 2. The fourth-order valence-electron chi connectivity index (χ4n) is 0.879. The van der Waals surface area contributed by atoms with E-state index in [0.29, 0.717) is 5.16 Å². The number of ether oxygens (including phenoxy) is 1. The highest BCUT2D eigenvalue weighted by Gasteiger charge is 2.30. The molecule has 1 aliphatic heterocycles. The summed E-state index contributed by atoms with van der Waals surface area (Å²) in [5.74, 6) is 0. The Kier molecular flexibility index (Phi) is 3.89. The molecule has 0 aromatic heterocycles. The van der Waals surface area contributed by atoms with Crippen molar-refractivity contribution in [3.8, 4) is 0 Å². The largest absolute Gasteiger partial charge is 0.332 e. The van der Waals surface area contributed by atoms with Gasteiger partial charge in [-0.3, -0.25) is 4.79 Å². The minimum atomic E-state index is -1.27. The topological polar surface area (TPSA) is 38.3 Å². The Morgan fingerprint density at radius 3 is 2.93 bits per heavy atom. The Morgan fingerprint density at radius 2 is 2.43 bits per heavy atom. The summed E-state index contributed by atoms with van der Waals surface area (Å²) in [6.45, 7) is 1.56. The third kappa shape index (κ3) is 3.20. The molecule has 0 amide bonds. The van der Waals surface area contributed by atoms with Gasteiger partial charge < -0.3 is 10.1 Å². The van der Waals surface area contributed by atoms with E-state index >= 15 is 0 Å². The highest BCUT2D eigenvalue weighted by atomic mass is 35.5. The van der Waals surface area contributed by atoms with E-state index in [2.05, 4.69) is 17.9 Å². The van der Waals surface area contributed by atoms with Crippen LogP contribution in [0, 0.1) is 0 Å². The molecule has 0 aromatic rings. The number of dihydropyridines is 1. The second-order valence-corrected chi connectivity index (χ2v) is 4.15. The van der Waals surface area contributed by atoms with Gasteiger partial charge in [-0.2, -0.15) is 0 Å². The van der Waals surface area contributed by atoms with Crippen molar-refractivity contribution in [2.45, 2.75) is 18.2 Å². The number of hydrogen-bond donors (Lipinski definition) is 2. The molecule has 1 N–H and O–H groups in total. The number of hydrogen-bond acceptors (Lipinski definition) is 3. The molecule has 1 heterocycles. The van der Waals surface area contributed by atoms with Crippen LogP contribution in [0.1, 0.15) is 6.92 Å². The molecule has 0 bridgehead atoms. The summed E-state index contributed by atoms with van der Waals surface area (Å²) >= 11 is 15.3. The molecule has 78 valence electrons. The van der Waals surface area contributed by atoms with Gasteiger partial charge in [0.15, 0.2) is 0 Å². The Bertz CT molecular complexity index is 306. The van der Waals surface area contributed by atoms with Crippen LogP contribution in [0.2, 0.25) is 0 Å². The van der Waals surface area contributed by atoms with Crippen molar-refractivity contribution >= 4 is 40.9 Å². The first-order valence-corrected chi connectivity index (χ1v) is 5.06. The Balaban J connectivity index is 2.64. The molecule has 2 unspecified atom stereocenters. The van der Waals surface area contributed by atoms with Gasteiger partial charge in [-0.05, 0) is 19.1 Å². The van der Waals surface area contributed by atoms with Crippen LogP contribution >= 0.6 is 35.8 Å². The lowest BCUT2D eigenvalue weighted by Gasteiger charge is -2.29. The van der Waals surface area contributed by atoms with Crippen LogP contribution in [-0.4, -0.2) is 16.4 Å². The van der Waals surface area contributed by atoms with E-state index in [1.54, 1.807) is 25.2 Å². The number of carbonyl (C=O) groups is 1. The normalized spacial score (nSPS) is 27.9. The molecule has 1 aliphatic rings. The molecule has 0 aliphatic carbocycles. The Hall–Kier alpha value is -0.160. The van der Waals surface area contributed by atoms with Crippen molar-refractivity contribution < 1.29 is 9.53 Å². The van der Waals surface area contributed by atoms with Crippen LogP contribution in [0.25, 0.3) is 0 Å². The van der Waals surface area contributed by atoms with Gasteiger partial charge in [0, 0.05) is 0 Å². The van der Waals surface area contributed by atoms with Gasteiger partial charge in [-0.15, -0.1) is 12.6 Å². The number of rotatable bonds is 3. The molecule has 6 heteroatoms.